The van der Waals surface area contributed by atoms with Gasteiger partial charge in [-0.2, -0.15) is 0 Å². The molecule has 16 heavy (non-hydrogen) atoms. The number of sulfonamides is 1. The topological polar surface area (TPSA) is 85.1 Å². The fraction of sp³-hybridized carbons (Fsp3) is 0.500. The summed E-state index contributed by atoms with van der Waals surface area (Å²) in [6.45, 7) is 2.04. The molecular weight excluding hydrogens is 226 g/mol. The summed E-state index contributed by atoms with van der Waals surface area (Å²) in [5, 5.41) is 0. The molecule has 0 aliphatic carbocycles. The average Bonchev–Trinajstić information content (AvgIpc) is 2.27. The Balaban J connectivity index is 2.49. The van der Waals surface area contributed by atoms with Gasteiger partial charge < -0.3 is 5.73 Å². The highest BCUT2D eigenvalue weighted by atomic mass is 32.2. The highest BCUT2D eigenvalue weighted by molar-refractivity contribution is 7.89. The van der Waals surface area contributed by atoms with Gasteiger partial charge in [0.15, 0.2) is 0 Å². The van der Waals surface area contributed by atoms with Crippen LogP contribution in [0.2, 0.25) is 0 Å². The van der Waals surface area contributed by atoms with Crippen molar-refractivity contribution in [1.29, 1.82) is 0 Å². The third-order valence-electron chi connectivity index (χ3n) is 2.14. The Labute approximate surface area is 96.1 Å². The third-order valence-corrected chi connectivity index (χ3v) is 3.65. The molecule has 1 aromatic rings. The summed E-state index contributed by atoms with van der Waals surface area (Å²) in [6.07, 6.45) is 3.78. The first-order chi connectivity index (χ1) is 7.53. The lowest BCUT2D eigenvalue weighted by atomic mass is 10.2. The van der Waals surface area contributed by atoms with E-state index in [4.69, 9.17) is 5.73 Å². The molecule has 0 bridgehead atoms. The van der Waals surface area contributed by atoms with E-state index in [0.717, 1.165) is 5.56 Å². The molecular formula is C10H17N3O2S. The zero-order chi connectivity index (χ0) is 12.0. The number of nitrogens with two attached hydrogens (primary N) is 1. The van der Waals surface area contributed by atoms with Crippen molar-refractivity contribution >= 4 is 10.0 Å². The fourth-order valence-corrected chi connectivity index (χ4v) is 2.55. The smallest absolute Gasteiger partial charge is 0.212 e. The molecule has 0 fully saturated rings. The van der Waals surface area contributed by atoms with Crippen molar-refractivity contribution in [3.05, 3.63) is 30.1 Å². The predicted octanol–water partition coefficient (Wildman–Crippen LogP) is -0.109. The number of hydrogen-bond acceptors (Lipinski definition) is 4. The number of nitrogens with zero attached hydrogens (tertiary/aromatic N) is 1. The third kappa shape index (κ3) is 4.69. The molecule has 6 heteroatoms. The van der Waals surface area contributed by atoms with Gasteiger partial charge in [0.25, 0.3) is 0 Å². The van der Waals surface area contributed by atoms with Crippen LogP contribution < -0.4 is 10.5 Å². The lowest BCUT2D eigenvalue weighted by Gasteiger charge is -2.11. The van der Waals surface area contributed by atoms with Gasteiger partial charge in [0.1, 0.15) is 0 Å². The van der Waals surface area contributed by atoms with Gasteiger partial charge in [0, 0.05) is 25.0 Å². The van der Waals surface area contributed by atoms with Crippen LogP contribution >= 0.6 is 0 Å². The second kappa shape index (κ2) is 5.93. The molecule has 0 radical (unpaired) electrons. The van der Waals surface area contributed by atoms with Crippen LogP contribution in [0.4, 0.5) is 0 Å². The van der Waals surface area contributed by atoms with E-state index < -0.39 is 10.0 Å². The van der Waals surface area contributed by atoms with Gasteiger partial charge in [-0.1, -0.05) is 0 Å². The molecule has 1 atom stereocenters. The maximum Gasteiger partial charge on any atom is 0.212 e. The van der Waals surface area contributed by atoms with Crippen LogP contribution in [0.25, 0.3) is 0 Å². The van der Waals surface area contributed by atoms with Gasteiger partial charge in [0.05, 0.1) is 5.75 Å². The number of pyridine rings is 1. The van der Waals surface area contributed by atoms with Gasteiger partial charge in [-0.25, -0.2) is 13.1 Å². The predicted molar refractivity (Wildman–Crippen MR) is 63.4 cm³/mol. The van der Waals surface area contributed by atoms with Crippen molar-refractivity contribution < 1.29 is 8.42 Å². The van der Waals surface area contributed by atoms with Crippen molar-refractivity contribution in [3.63, 3.8) is 0 Å². The summed E-state index contributed by atoms with van der Waals surface area (Å²) < 4.78 is 25.7. The average molecular weight is 243 g/mol. The fourth-order valence-electron chi connectivity index (χ4n) is 1.22. The van der Waals surface area contributed by atoms with Crippen molar-refractivity contribution in [2.24, 2.45) is 5.73 Å². The Bertz CT molecular complexity index is 405. The molecule has 5 nitrogen and oxygen atoms in total. The van der Waals surface area contributed by atoms with E-state index in [1.807, 2.05) is 12.1 Å². The maximum atomic E-state index is 11.6. The van der Waals surface area contributed by atoms with Gasteiger partial charge >= 0.3 is 0 Å². The van der Waals surface area contributed by atoms with E-state index in [-0.39, 0.29) is 11.8 Å². The van der Waals surface area contributed by atoms with Crippen molar-refractivity contribution in [2.75, 3.05) is 12.3 Å². The molecule has 0 saturated carbocycles. The maximum absolute atomic E-state index is 11.6. The summed E-state index contributed by atoms with van der Waals surface area (Å²) >= 11 is 0. The second-order valence-electron chi connectivity index (χ2n) is 3.68. The van der Waals surface area contributed by atoms with E-state index in [1.165, 1.54) is 0 Å². The summed E-state index contributed by atoms with van der Waals surface area (Å²) in [5.74, 6) is 0.0708. The minimum absolute atomic E-state index is 0.0708. The molecule has 1 heterocycles. The lowest BCUT2D eigenvalue weighted by molar-refractivity contribution is 0.562. The molecule has 90 valence electrons. The van der Waals surface area contributed by atoms with Crippen LogP contribution in [-0.2, 0) is 16.4 Å². The highest BCUT2D eigenvalue weighted by Gasteiger charge is 2.13. The number of nitrogens with one attached hydrogen (secondary N) is 1. The summed E-state index contributed by atoms with van der Waals surface area (Å²) in [5.41, 5.74) is 6.31. The molecule has 1 rings (SSSR count). The molecule has 3 N–H and O–H groups in total. The molecule has 1 aromatic heterocycles. The normalized spacial score (nSPS) is 13.6. The van der Waals surface area contributed by atoms with Gasteiger partial charge in [-0.3, -0.25) is 4.98 Å². The zero-order valence-corrected chi connectivity index (χ0v) is 10.1. The first-order valence-corrected chi connectivity index (χ1v) is 6.77. The lowest BCUT2D eigenvalue weighted by Crippen LogP contribution is -2.39. The van der Waals surface area contributed by atoms with Crippen molar-refractivity contribution in [2.45, 2.75) is 19.4 Å². The van der Waals surface area contributed by atoms with Crippen molar-refractivity contribution in [3.8, 4) is 0 Å². The van der Waals surface area contributed by atoms with E-state index in [0.29, 0.717) is 13.0 Å². The van der Waals surface area contributed by atoms with Crippen LogP contribution in [-0.4, -0.2) is 31.7 Å². The Morgan fingerprint density at radius 2 is 2.06 bits per heavy atom. The first kappa shape index (κ1) is 13.1. The summed E-state index contributed by atoms with van der Waals surface area (Å²) in [7, 11) is -3.24. The van der Waals surface area contributed by atoms with Gasteiger partial charge in [-0.15, -0.1) is 0 Å². The molecule has 0 saturated heterocycles. The van der Waals surface area contributed by atoms with Gasteiger partial charge in [-0.05, 0) is 31.0 Å². The largest absolute Gasteiger partial charge is 0.329 e. The van der Waals surface area contributed by atoms with Crippen LogP contribution in [0, 0.1) is 0 Å². The summed E-state index contributed by atoms with van der Waals surface area (Å²) in [6, 6.07) is 3.39. The minimum Gasteiger partial charge on any atom is -0.329 e. The van der Waals surface area contributed by atoms with Crippen LogP contribution in [0.15, 0.2) is 24.5 Å². The highest BCUT2D eigenvalue weighted by Crippen LogP contribution is 2.00. The van der Waals surface area contributed by atoms with E-state index in [2.05, 4.69) is 9.71 Å². The van der Waals surface area contributed by atoms with E-state index >= 15 is 0 Å². The number of rotatable bonds is 6. The molecule has 0 aromatic carbocycles. The molecule has 0 aliphatic rings. The Morgan fingerprint density at radius 1 is 1.44 bits per heavy atom. The standard InChI is InChI=1S/C10H17N3O2S/c1-9(8-11)13-16(14,15)7-4-10-2-5-12-6-3-10/h2-3,5-6,9,13H,4,7-8,11H2,1H3. The quantitative estimate of drug-likeness (QED) is 0.730. The first-order valence-electron chi connectivity index (χ1n) is 5.12. The molecule has 0 amide bonds. The zero-order valence-electron chi connectivity index (χ0n) is 9.26. The molecule has 0 aliphatic heterocycles. The number of hydrogen-bond donors (Lipinski definition) is 2. The van der Waals surface area contributed by atoms with Crippen LogP contribution in [0.5, 0.6) is 0 Å². The Morgan fingerprint density at radius 3 is 2.62 bits per heavy atom. The Kier molecular flexibility index (Phi) is 4.85. The molecule has 0 spiro atoms. The second-order valence-corrected chi connectivity index (χ2v) is 5.55. The number of aryl methyl sites for hydroxylation is 1. The van der Waals surface area contributed by atoms with Crippen LogP contribution in [0.1, 0.15) is 12.5 Å². The van der Waals surface area contributed by atoms with Crippen molar-refractivity contribution in [1.82, 2.24) is 9.71 Å². The Hall–Kier alpha value is -0.980. The molecule has 1 unspecified atom stereocenters. The van der Waals surface area contributed by atoms with E-state index in [9.17, 15) is 8.42 Å². The van der Waals surface area contributed by atoms with Crippen LogP contribution in [0.3, 0.4) is 0 Å². The van der Waals surface area contributed by atoms with E-state index in [1.54, 1.807) is 19.3 Å². The minimum atomic E-state index is -3.24. The number of aromatic nitrogens is 1. The SMILES string of the molecule is CC(CN)NS(=O)(=O)CCc1ccncc1. The summed E-state index contributed by atoms with van der Waals surface area (Å²) in [4.78, 5) is 3.87. The monoisotopic (exact) mass is 243 g/mol. The van der Waals surface area contributed by atoms with Gasteiger partial charge in [0.2, 0.25) is 10.0 Å².